The third-order valence-electron chi connectivity index (χ3n) is 3.63. The van der Waals surface area contributed by atoms with Gasteiger partial charge >= 0.3 is 0 Å². The van der Waals surface area contributed by atoms with Crippen LogP contribution >= 0.6 is 0 Å². The maximum Gasteiger partial charge on any atom is 0.278 e. The van der Waals surface area contributed by atoms with Crippen LogP contribution in [0, 0.1) is 0 Å². The molecule has 0 radical (unpaired) electrons. The molecule has 3 aromatic rings. The van der Waals surface area contributed by atoms with Crippen molar-refractivity contribution in [1.82, 2.24) is 15.3 Å². The Bertz CT molecular complexity index is 859. The Hall–Kier alpha value is -3.12. The average molecular weight is 337 g/mol. The SMILES string of the molecule is CCONC(=O)c1cn(-c2ccccc2)nc1-c1cccc(OC)c1. The predicted molar refractivity (Wildman–Crippen MR) is 94.6 cm³/mol. The quantitative estimate of drug-likeness (QED) is 0.701. The zero-order chi connectivity index (χ0) is 17.6. The van der Waals surface area contributed by atoms with Crippen molar-refractivity contribution in [1.29, 1.82) is 0 Å². The Morgan fingerprint density at radius 1 is 1.16 bits per heavy atom. The summed E-state index contributed by atoms with van der Waals surface area (Å²) in [5.74, 6) is 0.352. The number of rotatable bonds is 6. The topological polar surface area (TPSA) is 65.4 Å². The summed E-state index contributed by atoms with van der Waals surface area (Å²) in [4.78, 5) is 17.5. The van der Waals surface area contributed by atoms with Gasteiger partial charge in [0.2, 0.25) is 0 Å². The molecule has 0 spiro atoms. The fraction of sp³-hybridized carbons (Fsp3) is 0.158. The van der Waals surface area contributed by atoms with E-state index in [1.54, 1.807) is 24.9 Å². The summed E-state index contributed by atoms with van der Waals surface area (Å²) in [6.45, 7) is 2.18. The normalized spacial score (nSPS) is 10.5. The highest BCUT2D eigenvalue weighted by molar-refractivity contribution is 5.99. The van der Waals surface area contributed by atoms with E-state index in [1.807, 2.05) is 54.6 Å². The van der Waals surface area contributed by atoms with Gasteiger partial charge in [0.1, 0.15) is 11.4 Å². The van der Waals surface area contributed by atoms with Gasteiger partial charge in [0.25, 0.3) is 5.91 Å². The van der Waals surface area contributed by atoms with Gasteiger partial charge in [0, 0.05) is 11.8 Å². The van der Waals surface area contributed by atoms with Crippen LogP contribution in [-0.2, 0) is 4.84 Å². The predicted octanol–water partition coefficient (Wildman–Crippen LogP) is 3.23. The van der Waals surface area contributed by atoms with E-state index >= 15 is 0 Å². The van der Waals surface area contributed by atoms with Gasteiger partial charge in [-0.25, -0.2) is 10.2 Å². The van der Waals surface area contributed by atoms with Crippen LogP contribution in [0.3, 0.4) is 0 Å². The number of hydroxylamine groups is 1. The summed E-state index contributed by atoms with van der Waals surface area (Å²) in [6, 6.07) is 17.0. The number of nitrogens with zero attached hydrogens (tertiary/aromatic N) is 2. The molecular weight excluding hydrogens is 318 g/mol. The molecule has 0 bridgehead atoms. The Morgan fingerprint density at radius 3 is 2.68 bits per heavy atom. The molecule has 0 saturated heterocycles. The molecule has 3 rings (SSSR count). The molecule has 1 N–H and O–H groups in total. The first-order valence-corrected chi connectivity index (χ1v) is 7.94. The van der Waals surface area contributed by atoms with Crippen LogP contribution in [0.15, 0.2) is 60.8 Å². The molecule has 0 unspecified atom stereocenters. The molecule has 128 valence electrons. The number of aromatic nitrogens is 2. The van der Waals surface area contributed by atoms with Crippen molar-refractivity contribution in [3.05, 3.63) is 66.4 Å². The van der Waals surface area contributed by atoms with Crippen molar-refractivity contribution < 1.29 is 14.4 Å². The molecule has 0 aliphatic heterocycles. The minimum atomic E-state index is -0.346. The van der Waals surface area contributed by atoms with Crippen molar-refractivity contribution in [2.24, 2.45) is 0 Å². The fourth-order valence-electron chi connectivity index (χ4n) is 2.43. The van der Waals surface area contributed by atoms with E-state index in [0.717, 1.165) is 11.3 Å². The number of hydrogen-bond donors (Lipinski definition) is 1. The molecule has 6 nitrogen and oxygen atoms in total. The summed E-state index contributed by atoms with van der Waals surface area (Å²) < 4.78 is 6.95. The van der Waals surface area contributed by atoms with E-state index in [1.165, 1.54) is 0 Å². The third kappa shape index (κ3) is 3.70. The average Bonchev–Trinajstić information content (AvgIpc) is 3.12. The summed E-state index contributed by atoms with van der Waals surface area (Å²) in [6.07, 6.45) is 1.69. The van der Waals surface area contributed by atoms with E-state index in [0.29, 0.717) is 23.6 Å². The molecule has 6 heteroatoms. The zero-order valence-electron chi connectivity index (χ0n) is 14.1. The summed E-state index contributed by atoms with van der Waals surface area (Å²) in [5.41, 5.74) is 5.06. The van der Waals surface area contributed by atoms with Gasteiger partial charge in [0.05, 0.1) is 25.0 Å². The molecule has 0 atom stereocenters. The first-order chi connectivity index (χ1) is 12.2. The van der Waals surface area contributed by atoms with Crippen LogP contribution in [0.1, 0.15) is 17.3 Å². The number of para-hydroxylation sites is 1. The van der Waals surface area contributed by atoms with Crippen LogP contribution in [0.2, 0.25) is 0 Å². The zero-order valence-corrected chi connectivity index (χ0v) is 14.1. The first kappa shape index (κ1) is 16.7. The van der Waals surface area contributed by atoms with Crippen LogP contribution in [0.25, 0.3) is 16.9 Å². The third-order valence-corrected chi connectivity index (χ3v) is 3.63. The number of amides is 1. The van der Waals surface area contributed by atoms with E-state index in [9.17, 15) is 4.79 Å². The monoisotopic (exact) mass is 337 g/mol. The van der Waals surface area contributed by atoms with Gasteiger partial charge in [-0.1, -0.05) is 30.3 Å². The van der Waals surface area contributed by atoms with Gasteiger partial charge in [0.15, 0.2) is 0 Å². The smallest absolute Gasteiger partial charge is 0.278 e. The van der Waals surface area contributed by atoms with Crippen LogP contribution in [-0.4, -0.2) is 29.4 Å². The maximum atomic E-state index is 12.5. The van der Waals surface area contributed by atoms with E-state index in [2.05, 4.69) is 10.6 Å². The van der Waals surface area contributed by atoms with Crippen LogP contribution in [0.5, 0.6) is 5.75 Å². The highest BCUT2D eigenvalue weighted by atomic mass is 16.6. The van der Waals surface area contributed by atoms with E-state index < -0.39 is 0 Å². The largest absolute Gasteiger partial charge is 0.497 e. The minimum Gasteiger partial charge on any atom is -0.497 e. The van der Waals surface area contributed by atoms with Gasteiger partial charge < -0.3 is 4.74 Å². The number of benzene rings is 2. The Kier molecular flexibility index (Phi) is 5.11. The lowest BCUT2D eigenvalue weighted by Crippen LogP contribution is -2.23. The Balaban J connectivity index is 2.07. The minimum absolute atomic E-state index is 0.346. The molecule has 0 aliphatic rings. The molecular formula is C19H19N3O3. The molecule has 25 heavy (non-hydrogen) atoms. The molecule has 0 aliphatic carbocycles. The standard InChI is InChI=1S/C19H19N3O3/c1-3-25-21-19(23)17-13-22(15-9-5-4-6-10-15)20-18(17)14-8-7-11-16(12-14)24-2/h4-13H,3H2,1-2H3,(H,21,23). The molecule has 1 heterocycles. The Morgan fingerprint density at radius 2 is 1.96 bits per heavy atom. The molecule has 0 saturated carbocycles. The highest BCUT2D eigenvalue weighted by Crippen LogP contribution is 2.27. The van der Waals surface area contributed by atoms with Crippen molar-refractivity contribution in [2.75, 3.05) is 13.7 Å². The Labute approximate surface area is 146 Å². The molecule has 1 aromatic heterocycles. The summed E-state index contributed by atoms with van der Waals surface area (Å²) >= 11 is 0. The van der Waals surface area contributed by atoms with Gasteiger partial charge in [-0.15, -0.1) is 0 Å². The summed E-state index contributed by atoms with van der Waals surface area (Å²) in [7, 11) is 1.60. The fourth-order valence-corrected chi connectivity index (χ4v) is 2.43. The second-order valence-corrected chi connectivity index (χ2v) is 5.27. The molecule has 1 amide bonds. The van der Waals surface area contributed by atoms with Crippen molar-refractivity contribution >= 4 is 5.91 Å². The number of hydrogen-bond acceptors (Lipinski definition) is 4. The van der Waals surface area contributed by atoms with E-state index in [4.69, 9.17) is 9.57 Å². The number of methoxy groups -OCH3 is 1. The second-order valence-electron chi connectivity index (χ2n) is 5.27. The first-order valence-electron chi connectivity index (χ1n) is 7.94. The van der Waals surface area contributed by atoms with Gasteiger partial charge in [-0.05, 0) is 31.2 Å². The summed E-state index contributed by atoms with van der Waals surface area (Å²) in [5, 5.41) is 4.60. The number of nitrogens with one attached hydrogen (secondary N) is 1. The van der Waals surface area contributed by atoms with Gasteiger partial charge in [-0.2, -0.15) is 5.10 Å². The molecule has 2 aromatic carbocycles. The van der Waals surface area contributed by atoms with Crippen LogP contribution in [0.4, 0.5) is 0 Å². The lowest BCUT2D eigenvalue weighted by Gasteiger charge is -2.05. The van der Waals surface area contributed by atoms with Crippen molar-refractivity contribution in [3.8, 4) is 22.7 Å². The number of carbonyl (C=O) groups is 1. The lowest BCUT2D eigenvalue weighted by atomic mass is 10.1. The maximum absolute atomic E-state index is 12.5. The van der Waals surface area contributed by atoms with Crippen LogP contribution < -0.4 is 10.2 Å². The lowest BCUT2D eigenvalue weighted by molar-refractivity contribution is 0.0365. The van der Waals surface area contributed by atoms with Gasteiger partial charge in [-0.3, -0.25) is 9.63 Å². The second kappa shape index (κ2) is 7.63. The highest BCUT2D eigenvalue weighted by Gasteiger charge is 2.19. The van der Waals surface area contributed by atoms with Crippen molar-refractivity contribution in [2.45, 2.75) is 6.92 Å². The molecule has 0 fully saturated rings. The van der Waals surface area contributed by atoms with Crippen molar-refractivity contribution in [3.63, 3.8) is 0 Å². The van der Waals surface area contributed by atoms with E-state index in [-0.39, 0.29) is 5.91 Å². The number of ether oxygens (including phenoxy) is 1. The number of carbonyl (C=O) groups excluding carboxylic acids is 1.